The number of hydrogen-bond donors (Lipinski definition) is 0. The van der Waals surface area contributed by atoms with Gasteiger partial charge in [0, 0.05) is 25.3 Å². The first-order valence-corrected chi connectivity index (χ1v) is 7.49. The third kappa shape index (κ3) is 2.83. The van der Waals surface area contributed by atoms with Gasteiger partial charge in [-0.05, 0) is 64.7 Å². The third-order valence-electron chi connectivity index (χ3n) is 4.86. The van der Waals surface area contributed by atoms with E-state index in [0.717, 1.165) is 25.3 Å². The van der Waals surface area contributed by atoms with Gasteiger partial charge >= 0.3 is 0 Å². The second-order valence-corrected chi connectivity index (χ2v) is 5.85. The Morgan fingerprint density at radius 3 is 1.82 bits per heavy atom. The molecule has 3 rings (SSSR count). The van der Waals surface area contributed by atoms with Crippen LogP contribution in [0.2, 0.25) is 0 Å². The van der Waals surface area contributed by atoms with Gasteiger partial charge in [-0.2, -0.15) is 0 Å². The quantitative estimate of drug-likeness (QED) is 0.728. The van der Waals surface area contributed by atoms with Crippen LogP contribution in [0.1, 0.15) is 38.5 Å². The molecule has 3 aliphatic rings. The molecule has 0 spiro atoms. The zero-order chi connectivity index (χ0) is 11.5. The number of hydrogen-bond acceptors (Lipinski definition) is 3. The van der Waals surface area contributed by atoms with Crippen molar-refractivity contribution in [2.75, 3.05) is 39.4 Å². The maximum absolute atomic E-state index is 5.46. The fourth-order valence-corrected chi connectivity index (χ4v) is 3.77. The molecule has 0 N–H and O–H groups in total. The van der Waals surface area contributed by atoms with Crippen LogP contribution < -0.4 is 0 Å². The maximum Gasteiger partial charge on any atom is 0.0480 e. The average molecular weight is 238 g/mol. The lowest BCUT2D eigenvalue weighted by Crippen LogP contribution is -2.48. The summed E-state index contributed by atoms with van der Waals surface area (Å²) >= 11 is 0. The van der Waals surface area contributed by atoms with Crippen molar-refractivity contribution < 1.29 is 4.74 Å². The molecule has 0 saturated carbocycles. The SMILES string of the molecule is C1CCN(C2CCN(C3CCOCC3)CC2)C1. The van der Waals surface area contributed by atoms with Crippen molar-refractivity contribution in [1.82, 2.24) is 9.80 Å². The third-order valence-corrected chi connectivity index (χ3v) is 4.86. The highest BCUT2D eigenvalue weighted by molar-refractivity contribution is 4.85. The molecule has 0 atom stereocenters. The first-order valence-electron chi connectivity index (χ1n) is 7.49. The van der Waals surface area contributed by atoms with Crippen LogP contribution in [0, 0.1) is 0 Å². The van der Waals surface area contributed by atoms with Gasteiger partial charge in [-0.25, -0.2) is 0 Å². The molecule has 3 nitrogen and oxygen atoms in total. The molecule has 0 aromatic rings. The Hall–Kier alpha value is -0.120. The van der Waals surface area contributed by atoms with Crippen molar-refractivity contribution >= 4 is 0 Å². The van der Waals surface area contributed by atoms with E-state index in [9.17, 15) is 0 Å². The lowest BCUT2D eigenvalue weighted by Gasteiger charge is -2.41. The Balaban J connectivity index is 1.46. The van der Waals surface area contributed by atoms with E-state index < -0.39 is 0 Å². The molecule has 0 bridgehead atoms. The molecule has 17 heavy (non-hydrogen) atoms. The summed E-state index contributed by atoms with van der Waals surface area (Å²) in [7, 11) is 0. The van der Waals surface area contributed by atoms with Crippen molar-refractivity contribution in [3.8, 4) is 0 Å². The van der Waals surface area contributed by atoms with Crippen LogP contribution in [-0.4, -0.2) is 61.3 Å². The molecule has 0 aromatic carbocycles. The van der Waals surface area contributed by atoms with E-state index in [0.29, 0.717) is 0 Å². The minimum atomic E-state index is 0.822. The highest BCUT2D eigenvalue weighted by Gasteiger charge is 2.29. The van der Waals surface area contributed by atoms with Crippen molar-refractivity contribution in [3.63, 3.8) is 0 Å². The van der Waals surface area contributed by atoms with Crippen molar-refractivity contribution in [2.45, 2.75) is 50.6 Å². The van der Waals surface area contributed by atoms with E-state index in [4.69, 9.17) is 4.74 Å². The van der Waals surface area contributed by atoms with E-state index in [-0.39, 0.29) is 0 Å². The Morgan fingerprint density at radius 1 is 0.647 bits per heavy atom. The van der Waals surface area contributed by atoms with Gasteiger partial charge in [0.15, 0.2) is 0 Å². The summed E-state index contributed by atoms with van der Waals surface area (Å²) in [6, 6.07) is 1.72. The molecule has 3 saturated heterocycles. The van der Waals surface area contributed by atoms with Crippen molar-refractivity contribution in [3.05, 3.63) is 0 Å². The van der Waals surface area contributed by atoms with Crippen LogP contribution in [0.15, 0.2) is 0 Å². The zero-order valence-electron chi connectivity index (χ0n) is 10.9. The van der Waals surface area contributed by atoms with Crippen LogP contribution in [0.4, 0.5) is 0 Å². The molecule has 0 aliphatic carbocycles. The van der Waals surface area contributed by atoms with Gasteiger partial charge in [0.25, 0.3) is 0 Å². The second kappa shape index (κ2) is 5.68. The number of rotatable bonds is 2. The predicted octanol–water partition coefficient (Wildman–Crippen LogP) is 1.73. The smallest absolute Gasteiger partial charge is 0.0480 e. The fraction of sp³-hybridized carbons (Fsp3) is 1.00. The second-order valence-electron chi connectivity index (χ2n) is 5.85. The van der Waals surface area contributed by atoms with Crippen molar-refractivity contribution in [2.24, 2.45) is 0 Å². The molecular formula is C14H26N2O. The van der Waals surface area contributed by atoms with Crippen LogP contribution in [0.25, 0.3) is 0 Å². The zero-order valence-corrected chi connectivity index (χ0v) is 10.9. The van der Waals surface area contributed by atoms with Crippen LogP contribution in [0.3, 0.4) is 0 Å². The Labute approximate surface area is 105 Å². The summed E-state index contributed by atoms with van der Waals surface area (Å²) in [5.41, 5.74) is 0. The molecule has 98 valence electrons. The van der Waals surface area contributed by atoms with Gasteiger partial charge in [0.1, 0.15) is 0 Å². The van der Waals surface area contributed by atoms with Gasteiger partial charge in [0.05, 0.1) is 0 Å². The molecule has 3 heteroatoms. The summed E-state index contributed by atoms with van der Waals surface area (Å²) in [6.07, 6.45) is 8.18. The summed E-state index contributed by atoms with van der Waals surface area (Å²) in [5.74, 6) is 0. The molecule has 3 fully saturated rings. The lowest BCUT2D eigenvalue weighted by atomic mass is 9.99. The number of nitrogens with zero attached hydrogens (tertiary/aromatic N) is 2. The van der Waals surface area contributed by atoms with Gasteiger partial charge in [-0.1, -0.05) is 0 Å². The normalized spacial score (nSPS) is 31.1. The molecule has 0 unspecified atom stereocenters. The summed E-state index contributed by atoms with van der Waals surface area (Å²) < 4.78 is 5.46. The number of ether oxygens (including phenoxy) is 1. The number of piperidine rings is 1. The summed E-state index contributed by atoms with van der Waals surface area (Å²) in [6.45, 7) is 7.34. The Kier molecular flexibility index (Phi) is 3.99. The topological polar surface area (TPSA) is 15.7 Å². The van der Waals surface area contributed by atoms with Gasteiger partial charge < -0.3 is 14.5 Å². The molecule has 0 aromatic heterocycles. The fourth-order valence-electron chi connectivity index (χ4n) is 3.77. The maximum atomic E-state index is 5.46. The highest BCUT2D eigenvalue weighted by atomic mass is 16.5. The standard InChI is InChI=1S/C14H26N2O/c1-2-8-15(7-1)13-3-9-16(10-4-13)14-5-11-17-12-6-14/h13-14H,1-12H2. The predicted molar refractivity (Wildman–Crippen MR) is 69.2 cm³/mol. The van der Waals surface area contributed by atoms with Crippen LogP contribution in [-0.2, 0) is 4.74 Å². The van der Waals surface area contributed by atoms with E-state index in [1.807, 2.05) is 0 Å². The largest absolute Gasteiger partial charge is 0.381 e. The molecule has 0 amide bonds. The summed E-state index contributed by atoms with van der Waals surface area (Å²) in [4.78, 5) is 5.47. The highest BCUT2D eigenvalue weighted by Crippen LogP contribution is 2.24. The Morgan fingerprint density at radius 2 is 1.18 bits per heavy atom. The van der Waals surface area contributed by atoms with Crippen LogP contribution in [0.5, 0.6) is 0 Å². The number of likely N-dealkylation sites (tertiary alicyclic amines) is 2. The van der Waals surface area contributed by atoms with E-state index in [1.54, 1.807) is 0 Å². The monoisotopic (exact) mass is 238 g/mol. The van der Waals surface area contributed by atoms with Gasteiger partial charge in [0.2, 0.25) is 0 Å². The van der Waals surface area contributed by atoms with Gasteiger partial charge in [-0.3, -0.25) is 0 Å². The molecule has 3 heterocycles. The molecular weight excluding hydrogens is 212 g/mol. The minimum absolute atomic E-state index is 0.822. The molecule has 3 aliphatic heterocycles. The lowest BCUT2D eigenvalue weighted by molar-refractivity contribution is 0.0157. The van der Waals surface area contributed by atoms with Crippen LogP contribution >= 0.6 is 0 Å². The molecule has 0 radical (unpaired) electrons. The van der Waals surface area contributed by atoms with E-state index in [1.165, 1.54) is 64.7 Å². The minimum Gasteiger partial charge on any atom is -0.381 e. The first kappa shape index (κ1) is 11.9. The van der Waals surface area contributed by atoms with E-state index >= 15 is 0 Å². The Bertz CT molecular complexity index is 226. The van der Waals surface area contributed by atoms with Crippen molar-refractivity contribution in [1.29, 1.82) is 0 Å². The van der Waals surface area contributed by atoms with Gasteiger partial charge in [-0.15, -0.1) is 0 Å². The van der Waals surface area contributed by atoms with E-state index in [2.05, 4.69) is 9.80 Å². The summed E-state index contributed by atoms with van der Waals surface area (Å²) in [5, 5.41) is 0. The first-order chi connectivity index (χ1) is 8.43. The average Bonchev–Trinajstić information content (AvgIpc) is 2.94.